The number of hydrogen-bond donors (Lipinski definition) is 1. The fraction of sp³-hybridized carbons (Fsp3) is 0.818. The summed E-state index contributed by atoms with van der Waals surface area (Å²) in [6, 6.07) is 0. The normalized spacial score (nSPS) is 10.7. The Morgan fingerprint density at radius 3 is 2.23 bits per heavy atom. The van der Waals surface area contributed by atoms with Crippen LogP contribution in [0.5, 0.6) is 0 Å². The van der Waals surface area contributed by atoms with Gasteiger partial charge in [0.2, 0.25) is 0 Å². The van der Waals surface area contributed by atoms with Crippen molar-refractivity contribution in [3.05, 3.63) is 12.7 Å². The molecule has 0 heterocycles. The van der Waals surface area contributed by atoms with Gasteiger partial charge in [-0.25, -0.2) is 0 Å². The van der Waals surface area contributed by atoms with Gasteiger partial charge in [0.15, 0.2) is 0 Å². The van der Waals surface area contributed by atoms with Crippen LogP contribution in [0.25, 0.3) is 0 Å². The molecule has 0 radical (unpaired) electrons. The van der Waals surface area contributed by atoms with Crippen LogP contribution >= 0.6 is 0 Å². The lowest BCUT2D eigenvalue weighted by atomic mass is 10.3. The van der Waals surface area contributed by atoms with Crippen molar-refractivity contribution in [2.24, 2.45) is 0 Å². The van der Waals surface area contributed by atoms with Crippen molar-refractivity contribution in [1.29, 1.82) is 0 Å². The molecule has 0 saturated carbocycles. The SMILES string of the molecule is C=CCNCCN(CCC)CCC. The molecule has 13 heavy (non-hydrogen) atoms. The van der Waals surface area contributed by atoms with Gasteiger partial charge in [-0.05, 0) is 25.9 Å². The molecule has 0 fully saturated rings. The summed E-state index contributed by atoms with van der Waals surface area (Å²) in [7, 11) is 0. The summed E-state index contributed by atoms with van der Waals surface area (Å²) in [6.07, 6.45) is 4.41. The van der Waals surface area contributed by atoms with Crippen LogP contribution in [0.4, 0.5) is 0 Å². The molecule has 0 aliphatic heterocycles. The van der Waals surface area contributed by atoms with Crippen LogP contribution < -0.4 is 5.32 Å². The monoisotopic (exact) mass is 184 g/mol. The lowest BCUT2D eigenvalue weighted by molar-refractivity contribution is 0.275. The molecule has 0 atom stereocenters. The van der Waals surface area contributed by atoms with E-state index >= 15 is 0 Å². The first kappa shape index (κ1) is 12.7. The smallest absolute Gasteiger partial charge is 0.0132 e. The van der Waals surface area contributed by atoms with Crippen LogP contribution in [0.2, 0.25) is 0 Å². The van der Waals surface area contributed by atoms with Gasteiger partial charge in [0, 0.05) is 19.6 Å². The topological polar surface area (TPSA) is 15.3 Å². The van der Waals surface area contributed by atoms with Gasteiger partial charge < -0.3 is 10.2 Å². The Labute approximate surface area is 83.0 Å². The molecule has 0 aromatic heterocycles. The second kappa shape index (κ2) is 9.75. The van der Waals surface area contributed by atoms with E-state index in [0.717, 1.165) is 19.6 Å². The fourth-order valence-corrected chi connectivity index (χ4v) is 1.41. The quantitative estimate of drug-likeness (QED) is 0.435. The lowest BCUT2D eigenvalue weighted by Gasteiger charge is -2.20. The van der Waals surface area contributed by atoms with Gasteiger partial charge in [0.05, 0.1) is 0 Å². The van der Waals surface area contributed by atoms with Crippen molar-refractivity contribution in [2.45, 2.75) is 26.7 Å². The van der Waals surface area contributed by atoms with Gasteiger partial charge >= 0.3 is 0 Å². The van der Waals surface area contributed by atoms with Gasteiger partial charge in [0.25, 0.3) is 0 Å². The molecule has 0 rings (SSSR count). The second-order valence-corrected chi connectivity index (χ2v) is 3.33. The summed E-state index contributed by atoms with van der Waals surface area (Å²) in [5.74, 6) is 0. The largest absolute Gasteiger partial charge is 0.312 e. The van der Waals surface area contributed by atoms with E-state index < -0.39 is 0 Å². The minimum atomic E-state index is 0.923. The first-order valence-corrected chi connectivity index (χ1v) is 5.39. The van der Waals surface area contributed by atoms with E-state index in [4.69, 9.17) is 0 Å². The Balaban J connectivity index is 3.37. The van der Waals surface area contributed by atoms with Gasteiger partial charge in [-0.2, -0.15) is 0 Å². The summed E-state index contributed by atoms with van der Waals surface area (Å²) < 4.78 is 0. The highest BCUT2D eigenvalue weighted by molar-refractivity contribution is 4.70. The van der Waals surface area contributed by atoms with E-state index in [1.807, 2.05) is 6.08 Å². The molecule has 0 saturated heterocycles. The van der Waals surface area contributed by atoms with Crippen molar-refractivity contribution in [3.63, 3.8) is 0 Å². The molecule has 0 aromatic rings. The van der Waals surface area contributed by atoms with E-state index in [9.17, 15) is 0 Å². The predicted molar refractivity (Wildman–Crippen MR) is 60.1 cm³/mol. The highest BCUT2D eigenvalue weighted by Gasteiger charge is 2.00. The van der Waals surface area contributed by atoms with Gasteiger partial charge in [-0.15, -0.1) is 6.58 Å². The van der Waals surface area contributed by atoms with Crippen LogP contribution in [0.15, 0.2) is 12.7 Å². The first-order chi connectivity index (χ1) is 6.35. The van der Waals surface area contributed by atoms with Gasteiger partial charge in [0.1, 0.15) is 0 Å². The third-order valence-electron chi connectivity index (χ3n) is 1.97. The van der Waals surface area contributed by atoms with E-state index in [1.54, 1.807) is 0 Å². The standard InChI is InChI=1S/C11H24N2/c1-4-7-12-8-11-13(9-5-2)10-6-3/h4,12H,1,5-11H2,2-3H3. The highest BCUT2D eigenvalue weighted by Crippen LogP contribution is 1.92. The van der Waals surface area contributed by atoms with Crippen LogP contribution in [-0.2, 0) is 0 Å². The Kier molecular flexibility index (Phi) is 9.49. The van der Waals surface area contributed by atoms with E-state index in [1.165, 1.54) is 25.9 Å². The molecule has 0 aromatic carbocycles. The Bertz CT molecular complexity index is 107. The van der Waals surface area contributed by atoms with Crippen LogP contribution in [-0.4, -0.2) is 37.6 Å². The Morgan fingerprint density at radius 1 is 1.15 bits per heavy atom. The predicted octanol–water partition coefficient (Wildman–Crippen LogP) is 1.88. The van der Waals surface area contributed by atoms with Gasteiger partial charge in [-0.1, -0.05) is 19.9 Å². The molecule has 0 bridgehead atoms. The third-order valence-corrected chi connectivity index (χ3v) is 1.97. The van der Waals surface area contributed by atoms with Crippen molar-refractivity contribution >= 4 is 0 Å². The molecule has 0 unspecified atom stereocenters. The number of hydrogen-bond acceptors (Lipinski definition) is 2. The average molecular weight is 184 g/mol. The zero-order valence-corrected chi connectivity index (χ0v) is 9.18. The van der Waals surface area contributed by atoms with Crippen LogP contribution in [0, 0.1) is 0 Å². The minimum absolute atomic E-state index is 0.923. The molecule has 2 nitrogen and oxygen atoms in total. The van der Waals surface area contributed by atoms with Crippen molar-refractivity contribution in [3.8, 4) is 0 Å². The molecule has 0 aliphatic carbocycles. The zero-order valence-electron chi connectivity index (χ0n) is 9.18. The summed E-state index contributed by atoms with van der Waals surface area (Å²) in [5.41, 5.74) is 0. The van der Waals surface area contributed by atoms with E-state index in [-0.39, 0.29) is 0 Å². The summed E-state index contributed by atoms with van der Waals surface area (Å²) >= 11 is 0. The molecular weight excluding hydrogens is 160 g/mol. The van der Waals surface area contributed by atoms with Gasteiger partial charge in [-0.3, -0.25) is 0 Å². The maximum absolute atomic E-state index is 3.67. The second-order valence-electron chi connectivity index (χ2n) is 3.33. The highest BCUT2D eigenvalue weighted by atomic mass is 15.1. The Morgan fingerprint density at radius 2 is 1.77 bits per heavy atom. The first-order valence-electron chi connectivity index (χ1n) is 5.39. The molecule has 2 heteroatoms. The van der Waals surface area contributed by atoms with Crippen LogP contribution in [0.1, 0.15) is 26.7 Å². The molecule has 0 amide bonds. The number of nitrogens with one attached hydrogen (secondary N) is 1. The fourth-order valence-electron chi connectivity index (χ4n) is 1.41. The summed E-state index contributed by atoms with van der Waals surface area (Å²) in [6.45, 7) is 13.8. The Hall–Kier alpha value is -0.340. The number of rotatable bonds is 9. The summed E-state index contributed by atoms with van der Waals surface area (Å²) in [4.78, 5) is 2.51. The summed E-state index contributed by atoms with van der Waals surface area (Å²) in [5, 5.41) is 3.32. The minimum Gasteiger partial charge on any atom is -0.312 e. The molecule has 78 valence electrons. The zero-order chi connectivity index (χ0) is 9.94. The molecule has 0 spiro atoms. The maximum Gasteiger partial charge on any atom is 0.0132 e. The van der Waals surface area contributed by atoms with E-state index in [2.05, 4.69) is 30.6 Å². The lowest BCUT2D eigenvalue weighted by Crippen LogP contribution is -2.33. The van der Waals surface area contributed by atoms with Crippen molar-refractivity contribution in [2.75, 3.05) is 32.7 Å². The van der Waals surface area contributed by atoms with Crippen molar-refractivity contribution in [1.82, 2.24) is 10.2 Å². The number of nitrogens with zero attached hydrogens (tertiary/aromatic N) is 1. The van der Waals surface area contributed by atoms with Crippen molar-refractivity contribution < 1.29 is 0 Å². The van der Waals surface area contributed by atoms with E-state index in [0.29, 0.717) is 0 Å². The molecule has 1 N–H and O–H groups in total. The third kappa shape index (κ3) is 8.00. The van der Waals surface area contributed by atoms with Crippen LogP contribution in [0.3, 0.4) is 0 Å². The molecular formula is C11H24N2. The molecule has 0 aliphatic rings. The maximum atomic E-state index is 3.67. The average Bonchev–Trinajstić information content (AvgIpc) is 2.13.